The summed E-state index contributed by atoms with van der Waals surface area (Å²) in [6.45, 7) is 2.58. The van der Waals surface area contributed by atoms with Gasteiger partial charge in [-0.05, 0) is 29.8 Å². The normalized spacial score (nSPS) is 13.8. The highest BCUT2D eigenvalue weighted by atomic mass is 19.1. The smallest absolute Gasteiger partial charge is 0.316 e. The Balaban J connectivity index is 1.27. The highest BCUT2D eigenvalue weighted by Crippen LogP contribution is 2.17. The van der Waals surface area contributed by atoms with Gasteiger partial charge in [0.05, 0.1) is 6.42 Å². The van der Waals surface area contributed by atoms with Crippen molar-refractivity contribution in [1.82, 2.24) is 20.4 Å². The van der Waals surface area contributed by atoms with Crippen molar-refractivity contribution >= 4 is 17.5 Å². The van der Waals surface area contributed by atoms with E-state index in [9.17, 15) is 14.0 Å². The third kappa shape index (κ3) is 5.25. The standard InChI is InChI=1S/C22H22FN5O3/c23-17-6-8-18(9-7-17)27-10-12-28(13-11-27)22(30)21-25-19(26-31-21)14-20(29)24-15-16-4-2-1-3-5-16/h1-9H,10-15H2,(H,24,29). The summed E-state index contributed by atoms with van der Waals surface area (Å²) in [5, 5.41) is 6.55. The maximum absolute atomic E-state index is 13.1. The molecule has 2 heterocycles. The SMILES string of the molecule is O=C(Cc1noc(C(=O)N2CCN(c3ccc(F)cc3)CC2)n1)NCc1ccccc1. The Hall–Kier alpha value is -3.75. The molecule has 1 aliphatic heterocycles. The van der Waals surface area contributed by atoms with Crippen LogP contribution >= 0.6 is 0 Å². The van der Waals surface area contributed by atoms with Crippen LogP contribution in [0.4, 0.5) is 10.1 Å². The minimum absolute atomic E-state index is 0.0675. The fourth-order valence-corrected chi connectivity index (χ4v) is 3.37. The summed E-state index contributed by atoms with van der Waals surface area (Å²) in [5.74, 6) is -0.850. The molecule has 1 N–H and O–H groups in total. The fraction of sp³-hybridized carbons (Fsp3) is 0.273. The molecule has 2 amide bonds. The lowest BCUT2D eigenvalue weighted by atomic mass is 10.2. The highest BCUT2D eigenvalue weighted by molar-refractivity contribution is 5.90. The second-order valence-electron chi connectivity index (χ2n) is 7.21. The Kier molecular flexibility index (Phi) is 6.21. The zero-order valence-corrected chi connectivity index (χ0v) is 16.8. The first-order valence-corrected chi connectivity index (χ1v) is 10.0. The number of nitrogens with one attached hydrogen (secondary N) is 1. The molecule has 1 saturated heterocycles. The average molecular weight is 423 g/mol. The van der Waals surface area contributed by atoms with E-state index in [1.54, 1.807) is 17.0 Å². The van der Waals surface area contributed by atoms with Crippen LogP contribution in [-0.2, 0) is 17.8 Å². The van der Waals surface area contributed by atoms with Gasteiger partial charge < -0.3 is 19.6 Å². The number of carbonyl (C=O) groups is 2. The van der Waals surface area contributed by atoms with Crippen LogP contribution in [0, 0.1) is 5.82 Å². The first-order valence-electron chi connectivity index (χ1n) is 10.0. The lowest BCUT2D eigenvalue weighted by molar-refractivity contribution is -0.120. The second kappa shape index (κ2) is 9.38. The third-order valence-electron chi connectivity index (χ3n) is 5.06. The van der Waals surface area contributed by atoms with Crippen molar-refractivity contribution in [2.45, 2.75) is 13.0 Å². The summed E-state index contributed by atoms with van der Waals surface area (Å²) in [7, 11) is 0. The van der Waals surface area contributed by atoms with Gasteiger partial charge in [0, 0.05) is 38.4 Å². The molecule has 160 valence electrons. The molecular weight excluding hydrogens is 401 g/mol. The van der Waals surface area contributed by atoms with Crippen molar-refractivity contribution in [1.29, 1.82) is 0 Å². The number of nitrogens with zero attached hydrogens (tertiary/aromatic N) is 4. The molecule has 0 radical (unpaired) electrons. The van der Waals surface area contributed by atoms with Crippen molar-refractivity contribution in [2.75, 3.05) is 31.1 Å². The zero-order chi connectivity index (χ0) is 21.6. The van der Waals surface area contributed by atoms with E-state index in [1.165, 1.54) is 12.1 Å². The predicted molar refractivity (Wildman–Crippen MR) is 111 cm³/mol. The van der Waals surface area contributed by atoms with Gasteiger partial charge >= 0.3 is 11.8 Å². The molecule has 1 aromatic heterocycles. The van der Waals surface area contributed by atoms with Gasteiger partial charge in [-0.1, -0.05) is 35.5 Å². The number of hydrogen-bond donors (Lipinski definition) is 1. The van der Waals surface area contributed by atoms with E-state index >= 15 is 0 Å². The number of anilines is 1. The van der Waals surface area contributed by atoms with Crippen LogP contribution in [0.1, 0.15) is 22.1 Å². The number of rotatable bonds is 6. The molecule has 0 atom stereocenters. The van der Waals surface area contributed by atoms with Crippen LogP contribution in [0.15, 0.2) is 59.1 Å². The molecule has 1 fully saturated rings. The predicted octanol–water partition coefficient (Wildman–Crippen LogP) is 2.03. The minimum Gasteiger partial charge on any atom is -0.368 e. The Bertz CT molecular complexity index is 1030. The molecule has 1 aliphatic rings. The summed E-state index contributed by atoms with van der Waals surface area (Å²) < 4.78 is 18.2. The Morgan fingerprint density at radius 1 is 1.00 bits per heavy atom. The Labute approximate surface area is 178 Å². The molecule has 8 nitrogen and oxygen atoms in total. The Morgan fingerprint density at radius 2 is 1.71 bits per heavy atom. The van der Waals surface area contributed by atoms with E-state index in [-0.39, 0.29) is 35.8 Å². The molecule has 9 heteroatoms. The van der Waals surface area contributed by atoms with E-state index in [0.717, 1.165) is 11.3 Å². The molecule has 3 aromatic rings. The topological polar surface area (TPSA) is 91.6 Å². The van der Waals surface area contributed by atoms with Crippen LogP contribution in [-0.4, -0.2) is 53.0 Å². The summed E-state index contributed by atoms with van der Waals surface area (Å²) in [6, 6.07) is 15.8. The second-order valence-corrected chi connectivity index (χ2v) is 7.21. The lowest BCUT2D eigenvalue weighted by Gasteiger charge is -2.35. The number of halogens is 1. The van der Waals surface area contributed by atoms with Crippen LogP contribution in [0.2, 0.25) is 0 Å². The van der Waals surface area contributed by atoms with Gasteiger partial charge in [-0.25, -0.2) is 4.39 Å². The van der Waals surface area contributed by atoms with Crippen molar-refractivity contribution in [3.05, 3.63) is 77.7 Å². The number of hydrogen-bond acceptors (Lipinski definition) is 6. The lowest BCUT2D eigenvalue weighted by Crippen LogP contribution is -2.48. The van der Waals surface area contributed by atoms with Crippen LogP contribution in [0.25, 0.3) is 0 Å². The molecule has 4 rings (SSSR count). The van der Waals surface area contributed by atoms with E-state index in [1.807, 2.05) is 30.3 Å². The quantitative estimate of drug-likeness (QED) is 0.652. The Morgan fingerprint density at radius 3 is 2.42 bits per heavy atom. The first-order chi connectivity index (χ1) is 15.1. The van der Waals surface area contributed by atoms with Crippen molar-refractivity contribution in [3.63, 3.8) is 0 Å². The van der Waals surface area contributed by atoms with Crippen molar-refractivity contribution in [2.24, 2.45) is 0 Å². The summed E-state index contributed by atoms with van der Waals surface area (Å²) in [4.78, 5) is 32.6. The van der Waals surface area contributed by atoms with E-state index in [4.69, 9.17) is 4.52 Å². The molecule has 0 unspecified atom stereocenters. The number of carbonyl (C=O) groups excluding carboxylic acids is 2. The molecule has 0 saturated carbocycles. The molecule has 0 bridgehead atoms. The summed E-state index contributed by atoms with van der Waals surface area (Å²) >= 11 is 0. The van der Waals surface area contributed by atoms with Gasteiger partial charge in [-0.2, -0.15) is 4.98 Å². The van der Waals surface area contributed by atoms with Gasteiger partial charge in [0.25, 0.3) is 0 Å². The number of benzene rings is 2. The van der Waals surface area contributed by atoms with Gasteiger partial charge in [0.1, 0.15) is 5.82 Å². The van der Waals surface area contributed by atoms with Gasteiger partial charge in [0.15, 0.2) is 5.82 Å². The maximum atomic E-state index is 13.1. The summed E-state index contributed by atoms with van der Waals surface area (Å²) in [5.41, 5.74) is 1.90. The van der Waals surface area contributed by atoms with E-state index in [0.29, 0.717) is 32.7 Å². The first kappa shape index (κ1) is 20.5. The highest BCUT2D eigenvalue weighted by Gasteiger charge is 2.26. The number of amides is 2. The minimum atomic E-state index is -0.359. The molecule has 31 heavy (non-hydrogen) atoms. The van der Waals surface area contributed by atoms with Gasteiger partial charge in [-0.3, -0.25) is 9.59 Å². The molecular formula is C22H22FN5O3. The summed E-state index contributed by atoms with van der Waals surface area (Å²) in [6.07, 6.45) is -0.0675. The van der Waals surface area contributed by atoms with Crippen molar-refractivity contribution < 1.29 is 18.5 Å². The van der Waals surface area contributed by atoms with Gasteiger partial charge in [0.2, 0.25) is 5.91 Å². The molecule has 0 aliphatic carbocycles. The van der Waals surface area contributed by atoms with E-state index < -0.39 is 0 Å². The molecule has 2 aromatic carbocycles. The molecule has 0 spiro atoms. The van der Waals surface area contributed by atoms with Crippen LogP contribution < -0.4 is 10.2 Å². The van der Waals surface area contributed by atoms with Crippen LogP contribution in [0.5, 0.6) is 0 Å². The maximum Gasteiger partial charge on any atom is 0.316 e. The largest absolute Gasteiger partial charge is 0.368 e. The van der Waals surface area contributed by atoms with E-state index in [2.05, 4.69) is 20.4 Å². The number of piperazine rings is 1. The van der Waals surface area contributed by atoms with Crippen LogP contribution in [0.3, 0.4) is 0 Å². The zero-order valence-electron chi connectivity index (χ0n) is 16.8. The third-order valence-corrected chi connectivity index (χ3v) is 5.06. The number of aromatic nitrogens is 2. The fourth-order valence-electron chi connectivity index (χ4n) is 3.37. The van der Waals surface area contributed by atoms with Crippen molar-refractivity contribution in [3.8, 4) is 0 Å². The van der Waals surface area contributed by atoms with Gasteiger partial charge in [-0.15, -0.1) is 0 Å². The monoisotopic (exact) mass is 423 g/mol. The average Bonchev–Trinajstić information content (AvgIpc) is 3.27.